The smallest absolute Gasteiger partial charge is 0.304 e. The molecule has 168 valence electrons. The third kappa shape index (κ3) is 4.04. The topological polar surface area (TPSA) is 93.4 Å². The third-order valence-electron chi connectivity index (χ3n) is 5.85. The number of allylic oxidation sites excluding steroid dienone is 6. The summed E-state index contributed by atoms with van der Waals surface area (Å²) >= 11 is 6.04. The van der Waals surface area contributed by atoms with Crippen LogP contribution in [-0.4, -0.2) is 36.1 Å². The van der Waals surface area contributed by atoms with Crippen LogP contribution in [0.2, 0.25) is 0 Å². The van der Waals surface area contributed by atoms with E-state index in [-0.39, 0.29) is 34.2 Å². The van der Waals surface area contributed by atoms with E-state index in [1.165, 1.54) is 6.07 Å². The number of aromatic nitrogens is 1. The molecule has 0 amide bonds. The summed E-state index contributed by atoms with van der Waals surface area (Å²) < 4.78 is 41.4. The fourth-order valence-corrected chi connectivity index (χ4v) is 5.64. The molecule has 0 unspecified atom stereocenters. The van der Waals surface area contributed by atoms with Gasteiger partial charge in [0.2, 0.25) is 0 Å². The van der Waals surface area contributed by atoms with Crippen LogP contribution in [0.3, 0.4) is 0 Å². The van der Waals surface area contributed by atoms with Crippen LogP contribution < -0.4 is 0 Å². The molecule has 1 aliphatic heterocycles. The lowest BCUT2D eigenvalue weighted by Crippen LogP contribution is -2.20. The highest BCUT2D eigenvalue weighted by atomic mass is 35.5. The van der Waals surface area contributed by atoms with Gasteiger partial charge in [-0.2, -0.15) is 0 Å². The molecule has 1 atom stereocenters. The first kappa shape index (κ1) is 22.5. The fraction of sp³-hybridized carbons (Fsp3) is 0.304. The van der Waals surface area contributed by atoms with E-state index in [4.69, 9.17) is 11.6 Å². The van der Waals surface area contributed by atoms with Crippen molar-refractivity contribution in [1.29, 1.82) is 0 Å². The molecule has 6 nitrogen and oxygen atoms in total. The van der Waals surface area contributed by atoms with Gasteiger partial charge in [-0.05, 0) is 43.5 Å². The quantitative estimate of drug-likeness (QED) is 0.628. The summed E-state index contributed by atoms with van der Waals surface area (Å²) in [6.07, 6.45) is 8.75. The van der Waals surface area contributed by atoms with Gasteiger partial charge >= 0.3 is 5.97 Å². The Bertz CT molecular complexity index is 1350. The number of hydrogen-bond acceptors (Lipinski definition) is 4. The van der Waals surface area contributed by atoms with Crippen LogP contribution in [0.25, 0.3) is 10.9 Å². The fourth-order valence-electron chi connectivity index (χ4n) is 4.59. The maximum atomic E-state index is 14.5. The van der Waals surface area contributed by atoms with Gasteiger partial charge in [0.1, 0.15) is 5.82 Å². The van der Waals surface area contributed by atoms with E-state index in [2.05, 4.69) is 0 Å². The number of carboxylic acids is 1. The van der Waals surface area contributed by atoms with Crippen molar-refractivity contribution in [3.05, 3.63) is 64.1 Å². The first-order chi connectivity index (χ1) is 15.1. The van der Waals surface area contributed by atoms with Gasteiger partial charge in [-0.15, -0.1) is 0 Å². The van der Waals surface area contributed by atoms with Gasteiger partial charge in [-0.1, -0.05) is 23.8 Å². The maximum absolute atomic E-state index is 14.5. The lowest BCUT2D eigenvalue weighted by Gasteiger charge is -2.25. The summed E-state index contributed by atoms with van der Waals surface area (Å²) in [6, 6.07) is 2.14. The number of nitrogens with zero attached hydrogens (tertiary/aromatic N) is 1. The van der Waals surface area contributed by atoms with Crippen LogP contribution in [0, 0.1) is 5.82 Å². The number of Topliss-reactive ketones (excluding diaryl/α,β-unsaturated/α-hetero) is 1. The van der Waals surface area contributed by atoms with Gasteiger partial charge in [0, 0.05) is 40.4 Å². The highest BCUT2D eigenvalue weighted by molar-refractivity contribution is 7.91. The zero-order valence-electron chi connectivity index (χ0n) is 17.3. The van der Waals surface area contributed by atoms with Crippen LogP contribution in [0.1, 0.15) is 47.7 Å². The highest BCUT2D eigenvalue weighted by Gasteiger charge is 2.35. The molecule has 2 aliphatic rings. The molecule has 1 aromatic heterocycles. The highest BCUT2D eigenvalue weighted by Crippen LogP contribution is 2.42. The number of carbonyl (C=O) groups is 2. The van der Waals surface area contributed by atoms with Crippen molar-refractivity contribution in [1.82, 2.24) is 4.57 Å². The van der Waals surface area contributed by atoms with E-state index in [0.717, 1.165) is 12.3 Å². The van der Waals surface area contributed by atoms with Gasteiger partial charge in [0.25, 0.3) is 0 Å². The molecule has 9 heteroatoms. The van der Waals surface area contributed by atoms with Crippen LogP contribution in [0.15, 0.2) is 51.9 Å². The number of fused-ring (bicyclic) bond motifs is 3. The number of benzene rings is 1. The Kier molecular flexibility index (Phi) is 5.85. The number of rotatable bonds is 5. The summed E-state index contributed by atoms with van der Waals surface area (Å²) in [5.74, 6) is -2.66. The van der Waals surface area contributed by atoms with E-state index < -0.39 is 33.3 Å². The van der Waals surface area contributed by atoms with Crippen LogP contribution >= 0.6 is 11.6 Å². The normalized spacial score (nSPS) is 18.7. The van der Waals surface area contributed by atoms with E-state index in [9.17, 15) is 27.5 Å². The zero-order valence-corrected chi connectivity index (χ0v) is 18.8. The predicted octanol–water partition coefficient (Wildman–Crippen LogP) is 4.73. The average molecular weight is 478 g/mol. The van der Waals surface area contributed by atoms with Crippen molar-refractivity contribution < 1.29 is 27.5 Å². The lowest BCUT2D eigenvalue weighted by molar-refractivity contribution is -0.137. The zero-order chi connectivity index (χ0) is 23.2. The second-order valence-corrected chi connectivity index (χ2v) is 10.5. The first-order valence-electron chi connectivity index (χ1n) is 10.1. The Morgan fingerprint density at radius 2 is 2.03 bits per heavy atom. The number of ketones is 1. The Hall–Kier alpha value is -2.71. The number of aliphatic carboxylic acids is 1. The molecule has 1 aliphatic carbocycles. The molecule has 0 radical (unpaired) electrons. The SMILES string of the molecule is CS(=O)(=O)c1cc(F)cc2c1c(C(=O)C1=CC=C(Cl)C=CC1)c1n2CCC[C@@H]1CC(=O)O. The molecule has 2 heterocycles. The van der Waals surface area contributed by atoms with Gasteiger partial charge in [0.15, 0.2) is 15.6 Å². The van der Waals surface area contributed by atoms with Crippen LogP contribution in [-0.2, 0) is 21.2 Å². The van der Waals surface area contributed by atoms with Gasteiger partial charge in [-0.3, -0.25) is 9.59 Å². The monoisotopic (exact) mass is 477 g/mol. The lowest BCUT2D eigenvalue weighted by atomic mass is 9.87. The Morgan fingerprint density at radius 1 is 1.28 bits per heavy atom. The molecule has 1 aromatic carbocycles. The van der Waals surface area contributed by atoms with Crippen molar-refractivity contribution in [2.45, 2.75) is 43.0 Å². The molecule has 0 fully saturated rings. The standard InChI is InChI=1S/C23H21ClFNO5S/c1-32(30,31)18-12-16(25)11-17-20(18)21(23(29)13-4-2-6-15(24)8-7-13)22-14(10-19(27)28)5-3-9-26(17)22/h2,6-8,11-12,14H,3-5,9-10H2,1H3,(H,27,28)/t14-/m1/s1. The number of hydrogen-bond donors (Lipinski definition) is 1. The van der Waals surface area contributed by atoms with E-state index in [0.29, 0.717) is 35.7 Å². The minimum absolute atomic E-state index is 0.137. The first-order valence-corrected chi connectivity index (χ1v) is 12.4. The minimum atomic E-state index is -3.88. The molecular formula is C23H21ClFNO5S. The molecule has 0 saturated heterocycles. The number of carboxylic acid groups (broad SMARTS) is 1. The molecular weight excluding hydrogens is 457 g/mol. The molecule has 0 spiro atoms. The summed E-state index contributed by atoms with van der Waals surface area (Å²) in [5, 5.41) is 10.0. The molecule has 32 heavy (non-hydrogen) atoms. The maximum Gasteiger partial charge on any atom is 0.304 e. The van der Waals surface area contributed by atoms with Gasteiger partial charge < -0.3 is 9.67 Å². The Labute approximate surface area is 189 Å². The third-order valence-corrected chi connectivity index (χ3v) is 7.23. The summed E-state index contributed by atoms with van der Waals surface area (Å²) in [4.78, 5) is 25.0. The van der Waals surface area contributed by atoms with Crippen LogP contribution in [0.4, 0.5) is 4.39 Å². The van der Waals surface area contributed by atoms with Crippen LogP contribution in [0.5, 0.6) is 0 Å². The molecule has 4 rings (SSSR count). The molecule has 1 N–H and O–H groups in total. The van der Waals surface area contributed by atoms with Crippen molar-refractivity contribution in [2.24, 2.45) is 0 Å². The van der Waals surface area contributed by atoms with Crippen molar-refractivity contribution in [2.75, 3.05) is 6.26 Å². The number of halogens is 2. The number of carbonyl (C=O) groups excluding carboxylic acids is 1. The minimum Gasteiger partial charge on any atom is -0.481 e. The Morgan fingerprint density at radius 3 is 2.72 bits per heavy atom. The van der Waals surface area contributed by atoms with E-state index >= 15 is 0 Å². The molecule has 0 saturated carbocycles. The molecule has 0 bridgehead atoms. The van der Waals surface area contributed by atoms with Gasteiger partial charge in [-0.25, -0.2) is 12.8 Å². The number of sulfone groups is 1. The number of aryl methyl sites for hydroxylation is 1. The molecule has 2 aromatic rings. The van der Waals surface area contributed by atoms with Crippen molar-refractivity contribution in [3.8, 4) is 0 Å². The van der Waals surface area contributed by atoms with Gasteiger partial charge in [0.05, 0.1) is 22.4 Å². The van der Waals surface area contributed by atoms with E-state index in [1.54, 1.807) is 28.9 Å². The van der Waals surface area contributed by atoms with E-state index in [1.807, 2.05) is 0 Å². The summed E-state index contributed by atoms with van der Waals surface area (Å²) in [5.41, 5.74) is 1.27. The average Bonchev–Trinajstić information content (AvgIpc) is 2.87. The summed E-state index contributed by atoms with van der Waals surface area (Å²) in [6.45, 7) is 0.437. The largest absolute Gasteiger partial charge is 0.481 e. The van der Waals surface area contributed by atoms with Crippen molar-refractivity contribution >= 4 is 44.1 Å². The summed E-state index contributed by atoms with van der Waals surface area (Å²) in [7, 11) is -3.88. The Balaban J connectivity index is 2.09. The second kappa shape index (κ2) is 8.33. The van der Waals surface area contributed by atoms with Crippen molar-refractivity contribution in [3.63, 3.8) is 0 Å². The predicted molar refractivity (Wildman–Crippen MR) is 119 cm³/mol. The second-order valence-electron chi connectivity index (χ2n) is 8.10.